The van der Waals surface area contributed by atoms with E-state index in [-0.39, 0.29) is 0 Å². The van der Waals surface area contributed by atoms with E-state index in [4.69, 9.17) is 18.6 Å². The van der Waals surface area contributed by atoms with Crippen LogP contribution in [0.5, 0.6) is 0 Å². The van der Waals surface area contributed by atoms with Crippen LogP contribution >= 0.6 is 11.5 Å². The maximum absolute atomic E-state index is 8.49. The highest BCUT2D eigenvalue weighted by atomic mass is 35.7. The van der Waals surface area contributed by atoms with Crippen LogP contribution in [0.25, 0.3) is 5.69 Å². The van der Waals surface area contributed by atoms with E-state index >= 15 is 0 Å². The van der Waals surface area contributed by atoms with E-state index in [1.54, 1.807) is 0 Å². The summed E-state index contributed by atoms with van der Waals surface area (Å²) in [4.78, 5) is 1.41. The standard InChI is InChI=1S/C12H14NS.ClHO4/c1-3-11-9-13(14-10(11)2)12-7-5-4-6-8-12;2-1(3,4)5/h4-9H,3H2,1-2H3;(H,2,3,4,5)/q+1;/p-1. The summed E-state index contributed by atoms with van der Waals surface area (Å²) in [5, 5.41) is 0. The fraction of sp³-hybridized carbons (Fsp3) is 0.250. The zero-order chi connectivity index (χ0) is 14.5. The Labute approximate surface area is 117 Å². The summed E-state index contributed by atoms with van der Waals surface area (Å²) >= 11 is 1.81. The Hall–Kier alpha value is -1.02. The fourth-order valence-electron chi connectivity index (χ4n) is 1.51. The van der Waals surface area contributed by atoms with Crippen molar-refractivity contribution in [2.75, 3.05) is 0 Å². The summed E-state index contributed by atoms with van der Waals surface area (Å²) in [6.07, 6.45) is 3.34. The first kappa shape index (κ1) is 16.0. The predicted molar refractivity (Wildman–Crippen MR) is 60.0 cm³/mol. The average Bonchev–Trinajstić information content (AvgIpc) is 2.70. The molecule has 0 bridgehead atoms. The smallest absolute Gasteiger partial charge is 0.222 e. The highest BCUT2D eigenvalue weighted by Gasteiger charge is 2.13. The molecule has 1 heterocycles. The largest absolute Gasteiger partial charge is 0.224 e. The molecule has 1 aromatic carbocycles. The number of nitrogens with zero attached hydrogens (tertiary/aromatic N) is 1. The molecule has 1 aromatic heterocycles. The minimum atomic E-state index is -4.94. The van der Waals surface area contributed by atoms with Gasteiger partial charge in [0.25, 0.3) is 0 Å². The second-order valence-corrected chi connectivity index (χ2v) is 5.64. The van der Waals surface area contributed by atoms with Crippen molar-refractivity contribution in [1.82, 2.24) is 0 Å². The Bertz CT molecular complexity index is 504. The lowest BCUT2D eigenvalue weighted by Gasteiger charge is -2.17. The third-order valence-corrected chi connectivity index (χ3v) is 3.40. The van der Waals surface area contributed by atoms with Gasteiger partial charge in [-0.3, -0.25) is 0 Å². The minimum Gasteiger partial charge on any atom is -0.222 e. The van der Waals surface area contributed by atoms with Gasteiger partial charge in [0.15, 0.2) is 6.20 Å². The lowest BCUT2D eigenvalue weighted by Crippen LogP contribution is -2.68. The normalized spacial score (nSPS) is 10.8. The Kier molecular flexibility index (Phi) is 5.86. The Morgan fingerprint density at radius 1 is 1.11 bits per heavy atom. The molecule has 0 unspecified atom stereocenters. The first-order valence-corrected chi connectivity index (χ1v) is 7.50. The molecule has 7 heteroatoms. The molecule has 0 aliphatic carbocycles. The highest BCUT2D eigenvalue weighted by molar-refractivity contribution is 7.02. The van der Waals surface area contributed by atoms with Crippen LogP contribution in [0.1, 0.15) is 17.4 Å². The molecule has 0 saturated heterocycles. The zero-order valence-electron chi connectivity index (χ0n) is 10.5. The van der Waals surface area contributed by atoms with Crippen molar-refractivity contribution in [3.8, 4) is 5.69 Å². The van der Waals surface area contributed by atoms with Gasteiger partial charge in [0.2, 0.25) is 5.69 Å². The Morgan fingerprint density at radius 2 is 1.63 bits per heavy atom. The molecular formula is C12H14ClNO4S. The van der Waals surface area contributed by atoms with E-state index in [0.29, 0.717) is 0 Å². The van der Waals surface area contributed by atoms with Crippen LogP contribution in [0.2, 0.25) is 0 Å². The molecule has 2 aromatic rings. The second-order valence-electron chi connectivity index (χ2n) is 3.69. The number of para-hydroxylation sites is 1. The number of aromatic nitrogens is 1. The van der Waals surface area contributed by atoms with E-state index in [1.807, 2.05) is 17.6 Å². The number of hydrogen-bond donors (Lipinski definition) is 0. The predicted octanol–water partition coefficient (Wildman–Crippen LogP) is -1.86. The average molecular weight is 304 g/mol. The lowest BCUT2D eigenvalue weighted by atomic mass is 10.2. The lowest BCUT2D eigenvalue weighted by molar-refractivity contribution is -2.00. The molecule has 0 aliphatic heterocycles. The van der Waals surface area contributed by atoms with Crippen LogP contribution in [-0.4, -0.2) is 0 Å². The fourth-order valence-corrected chi connectivity index (χ4v) is 2.52. The maximum atomic E-state index is 8.49. The molecule has 0 saturated carbocycles. The molecule has 0 N–H and O–H groups in total. The molecular weight excluding hydrogens is 290 g/mol. The number of halogens is 1. The van der Waals surface area contributed by atoms with Crippen LogP contribution in [0.3, 0.4) is 0 Å². The van der Waals surface area contributed by atoms with Gasteiger partial charge < -0.3 is 0 Å². The second kappa shape index (κ2) is 6.95. The molecule has 0 aliphatic rings. The molecule has 2 rings (SSSR count). The summed E-state index contributed by atoms with van der Waals surface area (Å²) in [6, 6.07) is 10.5. The SMILES string of the molecule is CCc1c[n+](-c2ccccc2)sc1C.[O-][Cl+3]([O-])([O-])[O-]. The number of benzene rings is 1. The number of aryl methyl sites for hydroxylation is 2. The van der Waals surface area contributed by atoms with E-state index < -0.39 is 10.2 Å². The topological polar surface area (TPSA) is 96.1 Å². The monoisotopic (exact) mass is 303 g/mol. The molecule has 0 radical (unpaired) electrons. The van der Waals surface area contributed by atoms with Crippen LogP contribution in [0, 0.1) is 17.2 Å². The number of hydrogen-bond acceptors (Lipinski definition) is 5. The van der Waals surface area contributed by atoms with Gasteiger partial charge in [-0.25, -0.2) is 18.6 Å². The summed E-state index contributed by atoms with van der Waals surface area (Å²) in [5.41, 5.74) is 2.69. The quantitative estimate of drug-likeness (QED) is 0.608. The first-order valence-electron chi connectivity index (χ1n) is 5.50. The van der Waals surface area contributed by atoms with Gasteiger partial charge in [-0.15, -0.1) is 14.2 Å². The van der Waals surface area contributed by atoms with E-state index in [1.165, 1.54) is 16.1 Å². The maximum Gasteiger partial charge on any atom is 0.224 e. The van der Waals surface area contributed by atoms with Gasteiger partial charge in [-0.1, -0.05) is 25.1 Å². The summed E-state index contributed by atoms with van der Waals surface area (Å²) < 4.78 is 36.2. The van der Waals surface area contributed by atoms with Crippen LogP contribution in [0.15, 0.2) is 36.5 Å². The van der Waals surface area contributed by atoms with Gasteiger partial charge in [0.05, 0.1) is 4.88 Å². The van der Waals surface area contributed by atoms with Crippen LogP contribution < -0.4 is 22.6 Å². The molecule has 5 nitrogen and oxygen atoms in total. The molecule has 0 amide bonds. The zero-order valence-corrected chi connectivity index (χ0v) is 12.1. The van der Waals surface area contributed by atoms with Crippen molar-refractivity contribution in [2.24, 2.45) is 0 Å². The van der Waals surface area contributed by atoms with E-state index in [0.717, 1.165) is 6.42 Å². The minimum absolute atomic E-state index is 1.11. The molecule has 0 fully saturated rings. The third kappa shape index (κ3) is 6.11. The third-order valence-electron chi connectivity index (χ3n) is 2.35. The Morgan fingerprint density at radius 3 is 2.05 bits per heavy atom. The van der Waals surface area contributed by atoms with Crippen molar-refractivity contribution in [1.29, 1.82) is 0 Å². The highest BCUT2D eigenvalue weighted by Crippen LogP contribution is 2.13. The van der Waals surface area contributed by atoms with Gasteiger partial charge >= 0.3 is 0 Å². The van der Waals surface area contributed by atoms with Gasteiger partial charge in [-0.05, 0) is 13.3 Å². The molecule has 0 spiro atoms. The van der Waals surface area contributed by atoms with Gasteiger partial charge in [-0.2, -0.15) is 0 Å². The van der Waals surface area contributed by atoms with E-state index in [9.17, 15) is 0 Å². The first-order chi connectivity index (χ1) is 8.81. The van der Waals surface area contributed by atoms with Crippen molar-refractivity contribution < 1.29 is 32.8 Å². The molecule has 19 heavy (non-hydrogen) atoms. The molecule has 104 valence electrons. The molecule has 0 atom stereocenters. The summed E-state index contributed by atoms with van der Waals surface area (Å²) in [7, 11) is -4.94. The summed E-state index contributed by atoms with van der Waals surface area (Å²) in [6.45, 7) is 4.38. The summed E-state index contributed by atoms with van der Waals surface area (Å²) in [5.74, 6) is 0. The van der Waals surface area contributed by atoms with Crippen molar-refractivity contribution >= 4 is 11.5 Å². The number of rotatable bonds is 2. The van der Waals surface area contributed by atoms with Crippen molar-refractivity contribution in [2.45, 2.75) is 20.3 Å². The van der Waals surface area contributed by atoms with E-state index in [2.05, 4.69) is 48.3 Å². The van der Waals surface area contributed by atoms with Crippen molar-refractivity contribution in [3.63, 3.8) is 0 Å². The van der Waals surface area contributed by atoms with Crippen molar-refractivity contribution in [3.05, 3.63) is 47.0 Å². The van der Waals surface area contributed by atoms with Crippen LogP contribution in [-0.2, 0) is 6.42 Å². The van der Waals surface area contributed by atoms with Crippen LogP contribution in [0.4, 0.5) is 0 Å². The van der Waals surface area contributed by atoms with Gasteiger partial charge in [0, 0.05) is 17.7 Å². The Balaban J connectivity index is 0.000000312. The van der Waals surface area contributed by atoms with Gasteiger partial charge in [0.1, 0.15) is 11.5 Å².